The van der Waals surface area contributed by atoms with E-state index in [-0.39, 0.29) is 0 Å². The maximum absolute atomic E-state index is 11.6. The number of hydrogen-bond donors (Lipinski definition) is 1. The number of rotatable bonds is 8. The topological polar surface area (TPSA) is 49.4 Å². The van der Waals surface area contributed by atoms with Crippen LogP contribution in [-0.4, -0.2) is 45.8 Å². The standard InChI is InChI=1S/C23H32N2O2S/c1-19-5-3-6-22(17-19)24-13-4-14-25-15-11-21(12-16-25)18-20-7-9-23(10-8-20)28(2,26)27/h3,5-10,17,21,24H,4,11-16,18H2,1-2H3. The molecule has 0 spiro atoms. The van der Waals surface area contributed by atoms with Crippen molar-refractivity contribution in [3.05, 3.63) is 59.7 Å². The molecule has 1 aliphatic heterocycles. The van der Waals surface area contributed by atoms with E-state index in [4.69, 9.17) is 0 Å². The van der Waals surface area contributed by atoms with Gasteiger partial charge in [-0.2, -0.15) is 0 Å². The molecule has 2 aromatic rings. The highest BCUT2D eigenvalue weighted by atomic mass is 32.2. The van der Waals surface area contributed by atoms with Crippen LogP contribution in [0.15, 0.2) is 53.4 Å². The summed E-state index contributed by atoms with van der Waals surface area (Å²) in [7, 11) is -3.10. The predicted molar refractivity (Wildman–Crippen MR) is 117 cm³/mol. The molecule has 1 saturated heterocycles. The molecular formula is C23H32N2O2S. The summed E-state index contributed by atoms with van der Waals surface area (Å²) in [6.45, 7) is 6.60. The van der Waals surface area contributed by atoms with E-state index in [2.05, 4.69) is 41.4 Å². The second-order valence-corrected chi connectivity index (χ2v) is 10.1. The van der Waals surface area contributed by atoms with Gasteiger partial charge in [0, 0.05) is 18.5 Å². The van der Waals surface area contributed by atoms with E-state index in [1.54, 1.807) is 12.1 Å². The van der Waals surface area contributed by atoms with Gasteiger partial charge in [0.15, 0.2) is 9.84 Å². The van der Waals surface area contributed by atoms with E-state index >= 15 is 0 Å². The summed E-state index contributed by atoms with van der Waals surface area (Å²) in [4.78, 5) is 2.98. The van der Waals surface area contributed by atoms with Gasteiger partial charge in [0.05, 0.1) is 4.90 Å². The highest BCUT2D eigenvalue weighted by Gasteiger charge is 2.19. The molecular weight excluding hydrogens is 368 g/mol. The molecule has 4 nitrogen and oxygen atoms in total. The van der Waals surface area contributed by atoms with Crippen molar-refractivity contribution in [2.75, 3.05) is 37.8 Å². The first kappa shape index (κ1) is 20.9. The lowest BCUT2D eigenvalue weighted by atomic mass is 9.90. The molecule has 0 aliphatic carbocycles. The molecule has 0 saturated carbocycles. The first-order valence-corrected chi connectivity index (χ1v) is 12.1. The zero-order valence-corrected chi connectivity index (χ0v) is 17.8. The second-order valence-electron chi connectivity index (χ2n) is 8.06. The van der Waals surface area contributed by atoms with Crippen molar-refractivity contribution >= 4 is 15.5 Å². The third-order valence-electron chi connectivity index (χ3n) is 5.58. The highest BCUT2D eigenvalue weighted by molar-refractivity contribution is 7.90. The summed E-state index contributed by atoms with van der Waals surface area (Å²) in [5, 5.41) is 3.51. The smallest absolute Gasteiger partial charge is 0.175 e. The zero-order valence-electron chi connectivity index (χ0n) is 17.0. The van der Waals surface area contributed by atoms with Gasteiger partial charge >= 0.3 is 0 Å². The highest BCUT2D eigenvalue weighted by Crippen LogP contribution is 2.22. The van der Waals surface area contributed by atoms with Gasteiger partial charge in [-0.1, -0.05) is 24.3 Å². The Hall–Kier alpha value is -1.85. The van der Waals surface area contributed by atoms with Crippen molar-refractivity contribution in [3.63, 3.8) is 0 Å². The van der Waals surface area contributed by atoms with Crippen LogP contribution < -0.4 is 5.32 Å². The Labute approximate surface area is 169 Å². The number of anilines is 1. The van der Waals surface area contributed by atoms with Crippen LogP contribution in [0.25, 0.3) is 0 Å². The summed E-state index contributed by atoms with van der Waals surface area (Å²) >= 11 is 0. The molecule has 3 rings (SSSR count). The van der Waals surface area contributed by atoms with Crippen molar-refractivity contribution in [2.24, 2.45) is 5.92 Å². The van der Waals surface area contributed by atoms with Crippen LogP contribution in [0.2, 0.25) is 0 Å². The molecule has 5 heteroatoms. The van der Waals surface area contributed by atoms with Gasteiger partial charge in [0.1, 0.15) is 0 Å². The normalized spacial score (nSPS) is 16.2. The SMILES string of the molecule is Cc1cccc(NCCCN2CCC(Cc3ccc(S(C)(=O)=O)cc3)CC2)c1. The molecule has 2 aromatic carbocycles. The molecule has 0 amide bonds. The van der Waals surface area contributed by atoms with Gasteiger partial charge in [-0.25, -0.2) is 8.42 Å². The molecule has 0 aromatic heterocycles. The molecule has 152 valence electrons. The molecule has 28 heavy (non-hydrogen) atoms. The quantitative estimate of drug-likeness (QED) is 0.676. The average Bonchev–Trinajstić information content (AvgIpc) is 2.66. The minimum Gasteiger partial charge on any atom is -0.385 e. The van der Waals surface area contributed by atoms with Crippen LogP contribution in [0.4, 0.5) is 5.69 Å². The molecule has 1 aliphatic rings. The Morgan fingerprint density at radius 1 is 1.07 bits per heavy atom. The van der Waals surface area contributed by atoms with E-state index in [0.717, 1.165) is 39.0 Å². The van der Waals surface area contributed by atoms with E-state index in [1.807, 2.05) is 12.1 Å². The molecule has 1 heterocycles. The van der Waals surface area contributed by atoms with Gasteiger partial charge in [-0.15, -0.1) is 0 Å². The molecule has 0 atom stereocenters. The van der Waals surface area contributed by atoms with Crippen LogP contribution in [0.3, 0.4) is 0 Å². The fourth-order valence-corrected chi connectivity index (χ4v) is 4.54. The Morgan fingerprint density at radius 3 is 2.43 bits per heavy atom. The molecule has 0 unspecified atom stereocenters. The van der Waals surface area contributed by atoms with Crippen LogP contribution in [0.5, 0.6) is 0 Å². The second kappa shape index (κ2) is 9.57. The number of hydrogen-bond acceptors (Lipinski definition) is 4. The monoisotopic (exact) mass is 400 g/mol. The van der Waals surface area contributed by atoms with Gasteiger partial charge in [0.25, 0.3) is 0 Å². The minimum absolute atomic E-state index is 0.408. The van der Waals surface area contributed by atoms with E-state index < -0.39 is 9.84 Å². The number of nitrogens with one attached hydrogen (secondary N) is 1. The Balaban J connectivity index is 1.35. The lowest BCUT2D eigenvalue weighted by molar-refractivity contribution is 0.183. The van der Waals surface area contributed by atoms with Crippen molar-refractivity contribution < 1.29 is 8.42 Å². The van der Waals surface area contributed by atoms with Crippen LogP contribution >= 0.6 is 0 Å². The Kier molecular flexibility index (Phi) is 7.13. The van der Waals surface area contributed by atoms with E-state index in [1.165, 1.54) is 35.9 Å². The van der Waals surface area contributed by atoms with Crippen molar-refractivity contribution in [1.29, 1.82) is 0 Å². The maximum atomic E-state index is 11.6. The van der Waals surface area contributed by atoms with E-state index in [0.29, 0.717) is 10.8 Å². The molecule has 1 fully saturated rings. The summed E-state index contributed by atoms with van der Waals surface area (Å²) in [6, 6.07) is 15.9. The van der Waals surface area contributed by atoms with Crippen LogP contribution in [0.1, 0.15) is 30.4 Å². The lowest BCUT2D eigenvalue weighted by Gasteiger charge is -2.32. The van der Waals surface area contributed by atoms with Crippen LogP contribution in [-0.2, 0) is 16.3 Å². The number of aryl methyl sites for hydroxylation is 1. The number of nitrogens with zero attached hydrogens (tertiary/aromatic N) is 1. The summed E-state index contributed by atoms with van der Waals surface area (Å²) < 4.78 is 23.1. The predicted octanol–water partition coefficient (Wildman–Crippen LogP) is 4.16. The number of sulfone groups is 1. The third kappa shape index (κ3) is 6.35. The summed E-state index contributed by atoms with van der Waals surface area (Å²) in [5.41, 5.74) is 3.74. The largest absolute Gasteiger partial charge is 0.385 e. The first-order chi connectivity index (χ1) is 13.4. The van der Waals surface area contributed by atoms with Crippen molar-refractivity contribution in [2.45, 2.75) is 37.5 Å². The molecule has 0 bridgehead atoms. The summed E-state index contributed by atoms with van der Waals surface area (Å²) in [6.07, 6.45) is 5.91. The number of benzene rings is 2. The fraction of sp³-hybridized carbons (Fsp3) is 0.478. The van der Waals surface area contributed by atoms with Crippen molar-refractivity contribution in [3.8, 4) is 0 Å². The lowest BCUT2D eigenvalue weighted by Crippen LogP contribution is -2.35. The number of piperidine rings is 1. The van der Waals surface area contributed by atoms with Gasteiger partial charge in [0.2, 0.25) is 0 Å². The van der Waals surface area contributed by atoms with Gasteiger partial charge < -0.3 is 10.2 Å². The Morgan fingerprint density at radius 2 is 1.79 bits per heavy atom. The third-order valence-corrected chi connectivity index (χ3v) is 6.71. The Bertz CT molecular complexity index is 854. The fourth-order valence-electron chi connectivity index (χ4n) is 3.91. The first-order valence-electron chi connectivity index (χ1n) is 10.2. The minimum atomic E-state index is -3.10. The average molecular weight is 401 g/mol. The van der Waals surface area contributed by atoms with Gasteiger partial charge in [-0.3, -0.25) is 0 Å². The van der Waals surface area contributed by atoms with Gasteiger partial charge in [-0.05, 0) is 93.6 Å². The van der Waals surface area contributed by atoms with Crippen LogP contribution in [0, 0.1) is 12.8 Å². The molecule has 1 N–H and O–H groups in total. The summed E-state index contributed by atoms with van der Waals surface area (Å²) in [5.74, 6) is 0.700. The maximum Gasteiger partial charge on any atom is 0.175 e. The number of likely N-dealkylation sites (tertiary alicyclic amines) is 1. The molecule has 0 radical (unpaired) electrons. The zero-order chi connectivity index (χ0) is 20.0. The van der Waals surface area contributed by atoms with Crippen molar-refractivity contribution in [1.82, 2.24) is 4.90 Å². The van der Waals surface area contributed by atoms with E-state index in [9.17, 15) is 8.42 Å².